The lowest BCUT2D eigenvalue weighted by atomic mass is 10.2. The van der Waals surface area contributed by atoms with Crippen molar-refractivity contribution in [2.45, 2.75) is 24.3 Å². The zero-order chi connectivity index (χ0) is 15.3. The fraction of sp³-hybridized carbons (Fsp3) is 0.267. The first-order valence-electron chi connectivity index (χ1n) is 6.59. The van der Waals surface area contributed by atoms with Gasteiger partial charge in [0.15, 0.2) is 9.84 Å². The van der Waals surface area contributed by atoms with Crippen LogP contribution in [0.5, 0.6) is 0 Å². The van der Waals surface area contributed by atoms with E-state index in [2.05, 4.69) is 5.32 Å². The molecule has 0 spiro atoms. The van der Waals surface area contributed by atoms with Gasteiger partial charge >= 0.3 is 0 Å². The van der Waals surface area contributed by atoms with E-state index >= 15 is 0 Å². The predicted molar refractivity (Wildman–Crippen MR) is 78.4 cm³/mol. The van der Waals surface area contributed by atoms with Crippen LogP contribution in [0, 0.1) is 0 Å². The van der Waals surface area contributed by atoms with Crippen LogP contribution in [-0.2, 0) is 14.6 Å². The van der Waals surface area contributed by atoms with Crippen molar-refractivity contribution in [1.29, 1.82) is 0 Å². The van der Waals surface area contributed by atoms with Crippen LogP contribution in [-0.4, -0.2) is 20.1 Å². The second kappa shape index (κ2) is 6.58. The predicted octanol–water partition coefficient (Wildman–Crippen LogP) is 2.32. The lowest BCUT2D eigenvalue weighted by molar-refractivity contribution is -0.121. The minimum atomic E-state index is -3.43. The Morgan fingerprint density at radius 1 is 1.19 bits per heavy atom. The molecule has 0 fully saturated rings. The van der Waals surface area contributed by atoms with Gasteiger partial charge in [-0.3, -0.25) is 4.79 Å². The van der Waals surface area contributed by atoms with Crippen molar-refractivity contribution in [3.8, 4) is 0 Å². The highest BCUT2D eigenvalue weighted by molar-refractivity contribution is 7.91. The molecular weight excluding hydrogens is 290 g/mol. The van der Waals surface area contributed by atoms with Crippen LogP contribution < -0.4 is 5.32 Å². The molecule has 0 bridgehead atoms. The van der Waals surface area contributed by atoms with Crippen molar-refractivity contribution in [2.24, 2.45) is 0 Å². The average molecular weight is 307 g/mol. The minimum absolute atomic E-state index is 0.0811. The van der Waals surface area contributed by atoms with Gasteiger partial charge in [-0.05, 0) is 31.2 Å². The number of benzene rings is 1. The molecule has 0 saturated carbocycles. The summed E-state index contributed by atoms with van der Waals surface area (Å²) in [5, 5.41) is 2.71. The number of furan rings is 1. The van der Waals surface area contributed by atoms with Crippen LogP contribution in [0.25, 0.3) is 0 Å². The molecule has 112 valence electrons. The van der Waals surface area contributed by atoms with E-state index in [-0.39, 0.29) is 29.0 Å². The van der Waals surface area contributed by atoms with Crippen LogP contribution in [0.2, 0.25) is 0 Å². The Bertz CT molecular complexity index is 678. The Hall–Kier alpha value is -2.08. The highest BCUT2D eigenvalue weighted by Crippen LogP contribution is 2.14. The second-order valence-electron chi connectivity index (χ2n) is 4.69. The monoisotopic (exact) mass is 307 g/mol. The van der Waals surface area contributed by atoms with Crippen molar-refractivity contribution in [3.63, 3.8) is 0 Å². The number of sulfone groups is 1. The summed E-state index contributed by atoms with van der Waals surface area (Å²) in [6.07, 6.45) is 1.44. The van der Waals surface area contributed by atoms with E-state index < -0.39 is 9.84 Å². The Morgan fingerprint density at radius 2 is 1.90 bits per heavy atom. The highest BCUT2D eigenvalue weighted by Gasteiger charge is 2.17. The van der Waals surface area contributed by atoms with Crippen LogP contribution in [0.15, 0.2) is 58.0 Å². The molecule has 2 rings (SSSR count). The van der Waals surface area contributed by atoms with Crippen molar-refractivity contribution in [3.05, 3.63) is 54.5 Å². The molecule has 21 heavy (non-hydrogen) atoms. The number of carbonyl (C=O) groups excluding carboxylic acids is 1. The molecule has 5 nitrogen and oxygen atoms in total. The third kappa shape index (κ3) is 4.19. The summed E-state index contributed by atoms with van der Waals surface area (Å²) >= 11 is 0. The van der Waals surface area contributed by atoms with Crippen molar-refractivity contribution < 1.29 is 17.6 Å². The average Bonchev–Trinajstić information content (AvgIpc) is 3.00. The summed E-state index contributed by atoms with van der Waals surface area (Å²) in [4.78, 5) is 12.0. The quantitative estimate of drug-likeness (QED) is 0.888. The number of nitrogens with one attached hydrogen (secondary N) is 1. The van der Waals surface area contributed by atoms with E-state index in [1.165, 1.54) is 18.4 Å². The summed E-state index contributed by atoms with van der Waals surface area (Å²) < 4.78 is 29.3. The Morgan fingerprint density at radius 3 is 2.52 bits per heavy atom. The molecular formula is C15H17NO4S. The van der Waals surface area contributed by atoms with Crippen molar-refractivity contribution in [2.75, 3.05) is 5.75 Å². The molecule has 0 radical (unpaired) electrons. The van der Waals surface area contributed by atoms with Crippen LogP contribution in [0.3, 0.4) is 0 Å². The van der Waals surface area contributed by atoms with Crippen molar-refractivity contribution in [1.82, 2.24) is 5.32 Å². The summed E-state index contributed by atoms with van der Waals surface area (Å²) in [5.74, 6) is 0.0981. The maximum atomic E-state index is 12.1. The molecule has 1 heterocycles. The van der Waals surface area contributed by atoms with Gasteiger partial charge in [-0.15, -0.1) is 0 Å². The van der Waals surface area contributed by atoms with Gasteiger partial charge in [-0.25, -0.2) is 8.42 Å². The molecule has 2 aromatic rings. The lowest BCUT2D eigenvalue weighted by Crippen LogP contribution is -2.28. The summed E-state index contributed by atoms with van der Waals surface area (Å²) in [6, 6.07) is 11.3. The molecule has 0 aliphatic rings. The number of amides is 1. The fourth-order valence-electron chi connectivity index (χ4n) is 1.90. The summed E-state index contributed by atoms with van der Waals surface area (Å²) in [5.41, 5.74) is 0. The minimum Gasteiger partial charge on any atom is -0.467 e. The first-order valence-corrected chi connectivity index (χ1v) is 8.25. The largest absolute Gasteiger partial charge is 0.467 e. The molecule has 0 aliphatic heterocycles. The van der Waals surface area contributed by atoms with Gasteiger partial charge < -0.3 is 9.73 Å². The number of hydrogen-bond acceptors (Lipinski definition) is 4. The molecule has 1 aromatic carbocycles. The van der Waals surface area contributed by atoms with Gasteiger partial charge in [0.25, 0.3) is 0 Å². The highest BCUT2D eigenvalue weighted by atomic mass is 32.2. The van der Waals surface area contributed by atoms with Crippen LogP contribution >= 0.6 is 0 Å². The van der Waals surface area contributed by atoms with Crippen LogP contribution in [0.1, 0.15) is 25.1 Å². The van der Waals surface area contributed by atoms with E-state index in [0.29, 0.717) is 5.76 Å². The number of rotatable bonds is 6. The first-order chi connectivity index (χ1) is 9.99. The van der Waals surface area contributed by atoms with Crippen LogP contribution in [0.4, 0.5) is 0 Å². The maximum Gasteiger partial charge on any atom is 0.221 e. The first kappa shape index (κ1) is 15.3. The molecule has 0 saturated heterocycles. The molecule has 1 aromatic heterocycles. The topological polar surface area (TPSA) is 76.4 Å². The normalized spacial score (nSPS) is 12.8. The molecule has 1 N–H and O–H groups in total. The molecule has 1 amide bonds. The number of hydrogen-bond donors (Lipinski definition) is 1. The summed E-state index contributed by atoms with van der Waals surface area (Å²) in [7, 11) is -3.43. The second-order valence-corrected chi connectivity index (χ2v) is 6.80. The Balaban J connectivity index is 1.89. The third-order valence-electron chi connectivity index (χ3n) is 3.05. The molecule has 0 unspecified atom stereocenters. The van der Waals surface area contributed by atoms with Gasteiger partial charge in [-0.2, -0.15) is 0 Å². The third-order valence-corrected chi connectivity index (χ3v) is 4.78. The zero-order valence-corrected chi connectivity index (χ0v) is 12.5. The van der Waals surface area contributed by atoms with Gasteiger partial charge in [0.05, 0.1) is 23.0 Å². The Kier molecular flexibility index (Phi) is 4.80. The Labute approximate surface area is 123 Å². The molecule has 1 atom stereocenters. The van der Waals surface area contributed by atoms with E-state index in [9.17, 15) is 13.2 Å². The molecule has 0 aliphatic carbocycles. The van der Waals surface area contributed by atoms with Crippen molar-refractivity contribution >= 4 is 15.7 Å². The van der Waals surface area contributed by atoms with Gasteiger partial charge in [0, 0.05) is 6.42 Å². The maximum absolute atomic E-state index is 12.1. The SMILES string of the molecule is C[C@@H](NC(=O)CCS(=O)(=O)c1ccccc1)c1ccco1. The van der Waals surface area contributed by atoms with E-state index in [1.54, 1.807) is 37.3 Å². The van der Waals surface area contributed by atoms with E-state index in [1.807, 2.05) is 0 Å². The lowest BCUT2D eigenvalue weighted by Gasteiger charge is -2.11. The molecule has 6 heteroatoms. The number of carbonyl (C=O) groups is 1. The van der Waals surface area contributed by atoms with E-state index in [4.69, 9.17) is 4.42 Å². The van der Waals surface area contributed by atoms with Gasteiger partial charge in [0.2, 0.25) is 5.91 Å². The van der Waals surface area contributed by atoms with Gasteiger partial charge in [0.1, 0.15) is 5.76 Å². The fourth-order valence-corrected chi connectivity index (χ4v) is 3.16. The van der Waals surface area contributed by atoms with Gasteiger partial charge in [-0.1, -0.05) is 18.2 Å². The smallest absolute Gasteiger partial charge is 0.221 e. The van der Waals surface area contributed by atoms with E-state index in [0.717, 1.165) is 0 Å². The standard InChI is InChI=1S/C15H17NO4S/c1-12(14-8-5-10-20-14)16-15(17)9-11-21(18,19)13-6-3-2-4-7-13/h2-8,10,12H,9,11H2,1H3,(H,16,17)/t12-/m1/s1. The zero-order valence-electron chi connectivity index (χ0n) is 11.7. The summed E-state index contributed by atoms with van der Waals surface area (Å²) in [6.45, 7) is 1.78.